The van der Waals surface area contributed by atoms with Crippen LogP contribution >= 0.6 is 0 Å². The van der Waals surface area contributed by atoms with Crippen molar-refractivity contribution in [2.75, 3.05) is 6.61 Å². The lowest BCUT2D eigenvalue weighted by atomic mass is 9.83. The fraction of sp³-hybridized carbons (Fsp3) is 0.929. The second-order valence-corrected chi connectivity index (χ2v) is 5.28. The third-order valence-corrected chi connectivity index (χ3v) is 3.64. The number of rotatable bonds is 12. The van der Waals surface area contributed by atoms with Gasteiger partial charge in [-0.3, -0.25) is 0 Å². The van der Waals surface area contributed by atoms with Crippen molar-refractivity contribution < 1.29 is 30.3 Å². The molecule has 0 aromatic rings. The van der Waals surface area contributed by atoms with Crippen LogP contribution in [0.1, 0.15) is 51.9 Å². The normalized spacial score (nSPS) is 19.1. The molecule has 0 unspecified atom stereocenters. The van der Waals surface area contributed by atoms with E-state index in [1.165, 1.54) is 0 Å². The van der Waals surface area contributed by atoms with E-state index in [0.29, 0.717) is 6.42 Å². The van der Waals surface area contributed by atoms with Crippen molar-refractivity contribution in [2.45, 2.75) is 75.8 Å². The number of hydrogen-bond acceptors (Lipinski definition) is 6. The van der Waals surface area contributed by atoms with Crippen LogP contribution in [0.5, 0.6) is 0 Å². The highest BCUT2D eigenvalue weighted by Gasteiger charge is 2.45. The number of aldehydes is 1. The Morgan fingerprint density at radius 1 is 1.05 bits per heavy atom. The summed E-state index contributed by atoms with van der Waals surface area (Å²) in [6.07, 6.45) is 0.555. The van der Waals surface area contributed by atoms with Gasteiger partial charge in [-0.25, -0.2) is 0 Å². The van der Waals surface area contributed by atoms with E-state index >= 15 is 0 Å². The first-order valence-electron chi connectivity index (χ1n) is 7.26. The highest BCUT2D eigenvalue weighted by atomic mass is 16.4. The van der Waals surface area contributed by atoms with Gasteiger partial charge in [0.1, 0.15) is 23.9 Å². The Balaban J connectivity index is 4.44. The summed E-state index contributed by atoms with van der Waals surface area (Å²) in [5.74, 6) is 0. The van der Waals surface area contributed by atoms with Crippen LogP contribution in [0.25, 0.3) is 0 Å². The first-order valence-corrected chi connectivity index (χ1v) is 7.26. The molecule has 0 aliphatic heterocycles. The number of unbranched alkanes of at least 4 members (excludes halogenated alkanes) is 5. The molecular weight excluding hydrogens is 264 g/mol. The SMILES string of the molecule is CCCCCCCC[C@](O)([C@H](O)[C@H](O)CO)[C@@H](O)C=O. The van der Waals surface area contributed by atoms with Crippen LogP contribution < -0.4 is 0 Å². The quantitative estimate of drug-likeness (QED) is 0.250. The smallest absolute Gasteiger partial charge is 0.151 e. The minimum atomic E-state index is -2.13. The van der Waals surface area contributed by atoms with E-state index in [2.05, 4.69) is 6.92 Å². The van der Waals surface area contributed by atoms with Crippen LogP contribution in [0.15, 0.2) is 0 Å². The lowest BCUT2D eigenvalue weighted by Crippen LogP contribution is -2.58. The monoisotopic (exact) mass is 292 g/mol. The van der Waals surface area contributed by atoms with E-state index in [0.717, 1.165) is 32.1 Å². The number of carbonyl (C=O) groups excluding carboxylic acids is 1. The Bertz CT molecular complexity index is 260. The summed E-state index contributed by atoms with van der Waals surface area (Å²) in [5.41, 5.74) is -2.13. The highest BCUT2D eigenvalue weighted by Crippen LogP contribution is 2.25. The van der Waals surface area contributed by atoms with Gasteiger partial charge >= 0.3 is 0 Å². The van der Waals surface area contributed by atoms with Gasteiger partial charge in [-0.2, -0.15) is 0 Å². The molecule has 0 aliphatic rings. The second-order valence-electron chi connectivity index (χ2n) is 5.28. The van der Waals surface area contributed by atoms with Crippen LogP contribution in [-0.2, 0) is 4.79 Å². The molecule has 0 spiro atoms. The van der Waals surface area contributed by atoms with E-state index in [4.69, 9.17) is 5.11 Å². The van der Waals surface area contributed by atoms with Gasteiger partial charge in [-0.15, -0.1) is 0 Å². The molecule has 0 bridgehead atoms. The molecule has 0 aromatic heterocycles. The average Bonchev–Trinajstić information content (AvgIpc) is 2.47. The molecule has 0 amide bonds. The van der Waals surface area contributed by atoms with E-state index < -0.39 is 30.5 Å². The first kappa shape index (κ1) is 19.5. The van der Waals surface area contributed by atoms with Gasteiger partial charge in [0.25, 0.3) is 0 Å². The van der Waals surface area contributed by atoms with Crippen LogP contribution in [0.2, 0.25) is 0 Å². The molecule has 120 valence electrons. The summed E-state index contributed by atoms with van der Waals surface area (Å²) in [6.45, 7) is 1.34. The van der Waals surface area contributed by atoms with Crippen molar-refractivity contribution in [3.8, 4) is 0 Å². The summed E-state index contributed by atoms with van der Waals surface area (Å²) in [5, 5.41) is 47.8. The lowest BCUT2D eigenvalue weighted by molar-refractivity contribution is -0.184. The molecular formula is C14H28O6. The van der Waals surface area contributed by atoms with E-state index in [1.54, 1.807) is 0 Å². The number of hydrogen-bond donors (Lipinski definition) is 5. The molecule has 0 fully saturated rings. The largest absolute Gasteiger partial charge is 0.394 e. The topological polar surface area (TPSA) is 118 Å². The molecule has 0 aromatic carbocycles. The molecule has 4 atom stereocenters. The standard InChI is InChI=1S/C14H28O6/c1-2-3-4-5-6-7-8-14(20,12(18)10-16)13(19)11(17)9-15/h10-13,15,17-20H,2-9H2,1H3/t11-,12+,13-,14-/m1/s1. The highest BCUT2D eigenvalue weighted by molar-refractivity contribution is 5.58. The van der Waals surface area contributed by atoms with Crippen LogP contribution in [0, 0.1) is 0 Å². The molecule has 6 nitrogen and oxygen atoms in total. The molecule has 0 saturated carbocycles. The van der Waals surface area contributed by atoms with Crippen LogP contribution in [0.4, 0.5) is 0 Å². The fourth-order valence-corrected chi connectivity index (χ4v) is 2.21. The Morgan fingerprint density at radius 3 is 2.10 bits per heavy atom. The maximum absolute atomic E-state index is 10.7. The van der Waals surface area contributed by atoms with Gasteiger partial charge in [0.15, 0.2) is 6.29 Å². The van der Waals surface area contributed by atoms with Crippen LogP contribution in [0.3, 0.4) is 0 Å². The zero-order valence-corrected chi connectivity index (χ0v) is 12.1. The minimum absolute atomic E-state index is 0.0166. The Labute approximate surface area is 120 Å². The van der Waals surface area contributed by atoms with Crippen molar-refractivity contribution in [2.24, 2.45) is 0 Å². The molecule has 0 radical (unpaired) electrons. The number of aliphatic hydroxyl groups excluding tert-OH is 4. The summed E-state index contributed by atoms with van der Waals surface area (Å²) in [6, 6.07) is 0. The molecule has 0 heterocycles. The second kappa shape index (κ2) is 10.2. The van der Waals surface area contributed by atoms with E-state index in [1.807, 2.05) is 0 Å². The Kier molecular flexibility index (Phi) is 9.96. The van der Waals surface area contributed by atoms with Crippen molar-refractivity contribution in [3.63, 3.8) is 0 Å². The number of aliphatic hydroxyl groups is 5. The lowest BCUT2D eigenvalue weighted by Gasteiger charge is -2.36. The molecule has 5 N–H and O–H groups in total. The third kappa shape index (κ3) is 5.85. The van der Waals surface area contributed by atoms with Gasteiger partial charge in [-0.05, 0) is 6.42 Å². The van der Waals surface area contributed by atoms with Gasteiger partial charge in [0, 0.05) is 0 Å². The zero-order valence-electron chi connectivity index (χ0n) is 12.1. The minimum Gasteiger partial charge on any atom is -0.394 e. The molecule has 0 aliphatic carbocycles. The van der Waals surface area contributed by atoms with Crippen molar-refractivity contribution in [1.82, 2.24) is 0 Å². The third-order valence-electron chi connectivity index (χ3n) is 3.64. The predicted molar refractivity (Wildman–Crippen MR) is 74.1 cm³/mol. The molecule has 0 saturated heterocycles. The zero-order chi connectivity index (χ0) is 15.6. The predicted octanol–water partition coefficient (Wildman–Crippen LogP) is -0.258. The first-order chi connectivity index (χ1) is 9.43. The van der Waals surface area contributed by atoms with E-state index in [9.17, 15) is 25.2 Å². The summed E-state index contributed by atoms with van der Waals surface area (Å²) >= 11 is 0. The van der Waals surface area contributed by atoms with E-state index in [-0.39, 0.29) is 12.7 Å². The number of carbonyl (C=O) groups is 1. The van der Waals surface area contributed by atoms with Gasteiger partial charge in [0.05, 0.1) is 6.61 Å². The van der Waals surface area contributed by atoms with Gasteiger partial charge in [-0.1, -0.05) is 45.4 Å². The van der Waals surface area contributed by atoms with Crippen molar-refractivity contribution in [1.29, 1.82) is 0 Å². The summed E-state index contributed by atoms with van der Waals surface area (Å²) < 4.78 is 0. The molecule has 20 heavy (non-hydrogen) atoms. The van der Waals surface area contributed by atoms with Gasteiger partial charge in [0.2, 0.25) is 0 Å². The average molecular weight is 292 g/mol. The summed E-state index contributed by atoms with van der Waals surface area (Å²) in [7, 11) is 0. The maximum Gasteiger partial charge on any atom is 0.151 e. The Morgan fingerprint density at radius 2 is 1.60 bits per heavy atom. The maximum atomic E-state index is 10.7. The molecule has 6 heteroatoms. The fourth-order valence-electron chi connectivity index (χ4n) is 2.21. The van der Waals surface area contributed by atoms with Crippen molar-refractivity contribution >= 4 is 6.29 Å². The van der Waals surface area contributed by atoms with Crippen molar-refractivity contribution in [3.05, 3.63) is 0 Å². The van der Waals surface area contributed by atoms with Gasteiger partial charge < -0.3 is 30.3 Å². The molecule has 0 rings (SSSR count). The van der Waals surface area contributed by atoms with Crippen LogP contribution in [-0.4, -0.2) is 62.3 Å². The summed E-state index contributed by atoms with van der Waals surface area (Å²) in [4.78, 5) is 10.7. The Hall–Kier alpha value is -0.530.